The lowest BCUT2D eigenvalue weighted by Gasteiger charge is -2.30. The molecule has 3 nitrogen and oxygen atoms in total. The van der Waals surface area contributed by atoms with E-state index in [1.165, 1.54) is 12.8 Å². The third-order valence-corrected chi connectivity index (χ3v) is 5.50. The van der Waals surface area contributed by atoms with Crippen LogP contribution in [0.3, 0.4) is 0 Å². The van der Waals surface area contributed by atoms with Gasteiger partial charge in [-0.05, 0) is 78.8 Å². The maximum atomic E-state index is 12.8. The van der Waals surface area contributed by atoms with Gasteiger partial charge in [0.15, 0.2) is 0 Å². The minimum atomic E-state index is 0.123. The number of amides is 1. The topological polar surface area (TPSA) is 32.3 Å². The Kier molecular flexibility index (Phi) is 4.87. The molecule has 1 atom stereocenters. The van der Waals surface area contributed by atoms with E-state index in [4.69, 9.17) is 11.6 Å². The average molecular weight is 372 g/mol. The summed E-state index contributed by atoms with van der Waals surface area (Å²) < 4.78 is 0.829. The van der Waals surface area contributed by atoms with Crippen LogP contribution in [0.5, 0.6) is 0 Å². The van der Waals surface area contributed by atoms with Gasteiger partial charge in [-0.1, -0.05) is 11.6 Å². The number of nitrogens with one attached hydrogen (secondary N) is 1. The largest absolute Gasteiger partial charge is 0.335 e. The van der Waals surface area contributed by atoms with Crippen LogP contribution in [-0.4, -0.2) is 36.5 Å². The second-order valence-electron chi connectivity index (χ2n) is 6.03. The summed E-state index contributed by atoms with van der Waals surface area (Å²) in [5, 5.41) is 4.02. The standard InChI is InChI=1S/C16H20BrClN2O/c17-14-6-3-12(8-15(14)18)16(21)20(13-4-5-13)10-11-2-1-7-19-9-11/h3,6,8,11,13,19H,1-2,4-5,7,9-10H2. The molecule has 1 aromatic carbocycles. The van der Waals surface area contributed by atoms with Gasteiger partial charge in [-0.25, -0.2) is 0 Å². The van der Waals surface area contributed by atoms with Crippen LogP contribution in [0.2, 0.25) is 5.02 Å². The van der Waals surface area contributed by atoms with E-state index in [9.17, 15) is 4.79 Å². The molecule has 3 rings (SSSR count). The highest BCUT2D eigenvalue weighted by molar-refractivity contribution is 9.10. The minimum Gasteiger partial charge on any atom is -0.335 e. The summed E-state index contributed by atoms with van der Waals surface area (Å²) in [7, 11) is 0. The van der Waals surface area contributed by atoms with Crippen LogP contribution in [0, 0.1) is 5.92 Å². The number of carbonyl (C=O) groups excluding carboxylic acids is 1. The Morgan fingerprint density at radius 3 is 2.81 bits per heavy atom. The Morgan fingerprint density at radius 2 is 2.19 bits per heavy atom. The first kappa shape index (κ1) is 15.3. The van der Waals surface area contributed by atoms with E-state index in [1.807, 2.05) is 12.1 Å². The molecule has 21 heavy (non-hydrogen) atoms. The maximum Gasteiger partial charge on any atom is 0.254 e. The number of carbonyl (C=O) groups is 1. The van der Waals surface area contributed by atoms with E-state index in [1.54, 1.807) is 6.07 Å². The molecule has 5 heteroatoms. The van der Waals surface area contributed by atoms with E-state index in [0.717, 1.165) is 36.9 Å². The van der Waals surface area contributed by atoms with Crippen molar-refractivity contribution in [2.24, 2.45) is 5.92 Å². The van der Waals surface area contributed by atoms with Crippen LogP contribution in [0.4, 0.5) is 0 Å². The van der Waals surface area contributed by atoms with Crippen LogP contribution >= 0.6 is 27.5 Å². The van der Waals surface area contributed by atoms with Gasteiger partial charge < -0.3 is 10.2 Å². The fraction of sp³-hybridized carbons (Fsp3) is 0.562. The van der Waals surface area contributed by atoms with Gasteiger partial charge >= 0.3 is 0 Å². The summed E-state index contributed by atoms with van der Waals surface area (Å²) in [5.74, 6) is 0.701. The molecule has 0 radical (unpaired) electrons. The zero-order valence-electron chi connectivity index (χ0n) is 11.9. The van der Waals surface area contributed by atoms with Crippen molar-refractivity contribution in [2.75, 3.05) is 19.6 Å². The molecule has 2 fully saturated rings. The molecule has 1 saturated heterocycles. The number of nitrogens with zero attached hydrogens (tertiary/aromatic N) is 1. The lowest BCUT2D eigenvalue weighted by atomic mass is 9.98. The Labute approximate surface area is 139 Å². The molecule has 1 heterocycles. The van der Waals surface area contributed by atoms with Crippen LogP contribution in [0.1, 0.15) is 36.0 Å². The Morgan fingerprint density at radius 1 is 1.38 bits per heavy atom. The normalized spacial score (nSPS) is 22.1. The van der Waals surface area contributed by atoms with Gasteiger partial charge in [-0.2, -0.15) is 0 Å². The van der Waals surface area contributed by atoms with Crippen molar-refractivity contribution >= 4 is 33.4 Å². The van der Waals surface area contributed by atoms with E-state index in [-0.39, 0.29) is 5.91 Å². The van der Waals surface area contributed by atoms with Gasteiger partial charge in [0.1, 0.15) is 0 Å². The van der Waals surface area contributed by atoms with Crippen molar-refractivity contribution in [2.45, 2.75) is 31.7 Å². The first-order chi connectivity index (χ1) is 10.1. The highest BCUT2D eigenvalue weighted by atomic mass is 79.9. The van der Waals surface area contributed by atoms with Gasteiger partial charge in [-0.15, -0.1) is 0 Å². The zero-order chi connectivity index (χ0) is 14.8. The third kappa shape index (κ3) is 3.79. The highest BCUT2D eigenvalue weighted by Gasteiger charge is 2.34. The predicted molar refractivity (Wildman–Crippen MR) is 88.8 cm³/mol. The average Bonchev–Trinajstić information content (AvgIpc) is 3.33. The monoisotopic (exact) mass is 370 g/mol. The van der Waals surface area contributed by atoms with Crippen LogP contribution in [0.25, 0.3) is 0 Å². The van der Waals surface area contributed by atoms with Gasteiger partial charge in [0.25, 0.3) is 5.91 Å². The summed E-state index contributed by atoms with van der Waals surface area (Å²) in [5.41, 5.74) is 0.693. The second kappa shape index (κ2) is 6.67. The molecule has 1 N–H and O–H groups in total. The van der Waals surface area contributed by atoms with Crippen molar-refractivity contribution in [1.29, 1.82) is 0 Å². The van der Waals surface area contributed by atoms with Crippen LogP contribution in [-0.2, 0) is 0 Å². The van der Waals surface area contributed by atoms with Gasteiger partial charge in [0.2, 0.25) is 0 Å². The molecule has 1 aliphatic heterocycles. The molecule has 1 unspecified atom stereocenters. The van der Waals surface area contributed by atoms with Crippen molar-refractivity contribution in [3.63, 3.8) is 0 Å². The molecule has 114 valence electrons. The molecule has 1 aromatic rings. The first-order valence-electron chi connectivity index (χ1n) is 7.62. The molecule has 0 aromatic heterocycles. The second-order valence-corrected chi connectivity index (χ2v) is 7.29. The van der Waals surface area contributed by atoms with Crippen LogP contribution in [0.15, 0.2) is 22.7 Å². The molecule has 1 amide bonds. The molecular weight excluding hydrogens is 352 g/mol. The molecular formula is C16H20BrClN2O. The SMILES string of the molecule is O=C(c1ccc(Br)c(Cl)c1)N(CC1CCCNC1)C1CC1. The van der Waals surface area contributed by atoms with E-state index in [0.29, 0.717) is 22.5 Å². The maximum absolute atomic E-state index is 12.8. The fourth-order valence-corrected chi connectivity index (χ4v) is 3.36. The van der Waals surface area contributed by atoms with Gasteiger partial charge in [0, 0.05) is 22.6 Å². The highest BCUT2D eigenvalue weighted by Crippen LogP contribution is 2.31. The Hall–Kier alpha value is -0.580. The van der Waals surface area contributed by atoms with E-state index < -0.39 is 0 Å². The van der Waals surface area contributed by atoms with Gasteiger partial charge in [-0.3, -0.25) is 4.79 Å². The summed E-state index contributed by atoms with van der Waals surface area (Å²) in [6, 6.07) is 5.90. The lowest BCUT2D eigenvalue weighted by Crippen LogP contribution is -2.42. The number of benzene rings is 1. The zero-order valence-corrected chi connectivity index (χ0v) is 14.3. The van der Waals surface area contributed by atoms with Gasteiger partial charge in [0.05, 0.1) is 5.02 Å². The smallest absolute Gasteiger partial charge is 0.254 e. The Balaban J connectivity index is 1.73. The molecule has 0 bridgehead atoms. The molecule has 2 aliphatic rings. The van der Waals surface area contributed by atoms with Crippen molar-refractivity contribution in [1.82, 2.24) is 10.2 Å². The molecule has 1 aliphatic carbocycles. The summed E-state index contributed by atoms with van der Waals surface area (Å²) in [6.07, 6.45) is 4.69. The lowest BCUT2D eigenvalue weighted by molar-refractivity contribution is 0.0704. The summed E-state index contributed by atoms with van der Waals surface area (Å²) in [4.78, 5) is 14.9. The fourth-order valence-electron chi connectivity index (χ4n) is 2.94. The van der Waals surface area contributed by atoms with Crippen molar-refractivity contribution in [3.8, 4) is 0 Å². The predicted octanol–water partition coefficient (Wildman–Crippen LogP) is 3.71. The number of rotatable bonds is 4. The van der Waals surface area contributed by atoms with Crippen molar-refractivity contribution in [3.05, 3.63) is 33.3 Å². The first-order valence-corrected chi connectivity index (χ1v) is 8.79. The third-order valence-electron chi connectivity index (χ3n) is 4.27. The number of halogens is 2. The molecule has 0 spiro atoms. The van der Waals surface area contributed by atoms with Crippen molar-refractivity contribution < 1.29 is 4.79 Å². The minimum absolute atomic E-state index is 0.123. The Bertz CT molecular complexity index is 527. The number of hydrogen-bond acceptors (Lipinski definition) is 2. The van der Waals surface area contributed by atoms with Crippen LogP contribution < -0.4 is 5.32 Å². The number of hydrogen-bond donors (Lipinski definition) is 1. The van der Waals surface area contributed by atoms with E-state index in [2.05, 4.69) is 26.1 Å². The van der Waals surface area contributed by atoms with E-state index >= 15 is 0 Å². The quantitative estimate of drug-likeness (QED) is 0.875. The molecule has 1 saturated carbocycles. The number of piperidine rings is 1. The summed E-state index contributed by atoms with van der Waals surface area (Å²) >= 11 is 9.49. The summed E-state index contributed by atoms with van der Waals surface area (Å²) in [6.45, 7) is 3.00.